The first kappa shape index (κ1) is 24.3. The molecule has 38 heavy (non-hydrogen) atoms. The van der Waals surface area contributed by atoms with Gasteiger partial charge in [-0.3, -0.25) is 9.59 Å². The van der Waals surface area contributed by atoms with Crippen LogP contribution >= 0.6 is 0 Å². The fourth-order valence-corrected chi connectivity index (χ4v) is 5.73. The molecule has 6 nitrogen and oxygen atoms in total. The maximum absolute atomic E-state index is 13.3. The molecule has 1 saturated carbocycles. The highest BCUT2D eigenvalue weighted by Crippen LogP contribution is 2.52. The monoisotopic (exact) mass is 505 g/mol. The summed E-state index contributed by atoms with van der Waals surface area (Å²) in [6.45, 7) is 4.66. The highest BCUT2D eigenvalue weighted by atomic mass is 16.3. The van der Waals surface area contributed by atoms with Gasteiger partial charge in [0.15, 0.2) is 6.10 Å². The molecule has 6 rings (SSSR count). The molecule has 0 spiro atoms. The Balaban J connectivity index is 1.23. The molecule has 1 aliphatic carbocycles. The van der Waals surface area contributed by atoms with Crippen molar-refractivity contribution in [3.63, 3.8) is 0 Å². The van der Waals surface area contributed by atoms with E-state index in [9.17, 15) is 14.7 Å². The topological polar surface area (TPSA) is 86.3 Å². The predicted molar refractivity (Wildman–Crippen MR) is 147 cm³/mol. The van der Waals surface area contributed by atoms with Crippen LogP contribution in [0.5, 0.6) is 0 Å². The minimum absolute atomic E-state index is 0.142. The number of H-pyrrole nitrogens is 1. The summed E-state index contributed by atoms with van der Waals surface area (Å²) in [6, 6.07) is 24.0. The van der Waals surface area contributed by atoms with E-state index in [-0.39, 0.29) is 17.5 Å². The molecule has 2 N–H and O–H groups in total. The fourth-order valence-electron chi connectivity index (χ4n) is 5.73. The van der Waals surface area contributed by atoms with Gasteiger partial charge in [0.05, 0.1) is 23.2 Å². The van der Waals surface area contributed by atoms with Crippen molar-refractivity contribution in [1.82, 2.24) is 14.9 Å². The molecular formula is C32H31N3O3. The van der Waals surface area contributed by atoms with Gasteiger partial charge in [-0.1, -0.05) is 77.9 Å². The molecule has 1 aliphatic heterocycles. The zero-order chi connectivity index (χ0) is 26.4. The molecule has 1 amide bonds. The molecule has 1 fully saturated rings. The van der Waals surface area contributed by atoms with E-state index in [0.29, 0.717) is 24.1 Å². The van der Waals surface area contributed by atoms with Crippen molar-refractivity contribution in [2.75, 3.05) is 6.54 Å². The summed E-state index contributed by atoms with van der Waals surface area (Å²) in [5.41, 5.74) is 6.86. The average Bonchev–Trinajstić information content (AvgIpc) is 3.74. The quantitative estimate of drug-likeness (QED) is 0.410. The van der Waals surface area contributed by atoms with E-state index in [1.54, 1.807) is 11.0 Å². The lowest BCUT2D eigenvalue weighted by molar-refractivity contribution is -0.141. The Hall–Kier alpha value is -4.03. The van der Waals surface area contributed by atoms with Crippen LogP contribution in [0.4, 0.5) is 0 Å². The molecular weight excluding hydrogens is 474 g/mol. The number of benzene rings is 3. The van der Waals surface area contributed by atoms with Crippen molar-refractivity contribution in [2.24, 2.45) is 0 Å². The number of carbonyl (C=O) groups is 1. The Labute approximate surface area is 222 Å². The van der Waals surface area contributed by atoms with Crippen LogP contribution in [0, 0.1) is 13.8 Å². The highest BCUT2D eigenvalue weighted by Gasteiger charge is 2.48. The molecule has 0 saturated heterocycles. The minimum atomic E-state index is -1.30. The molecule has 3 aromatic carbocycles. The molecule has 2 heterocycles. The molecule has 1 aromatic heterocycles. The summed E-state index contributed by atoms with van der Waals surface area (Å²) < 4.78 is 0. The highest BCUT2D eigenvalue weighted by molar-refractivity contribution is 5.83. The van der Waals surface area contributed by atoms with Gasteiger partial charge >= 0.3 is 0 Å². The van der Waals surface area contributed by atoms with Crippen LogP contribution in [0.3, 0.4) is 0 Å². The van der Waals surface area contributed by atoms with Crippen molar-refractivity contribution in [3.05, 3.63) is 122 Å². The van der Waals surface area contributed by atoms with Gasteiger partial charge in [0.25, 0.3) is 11.5 Å². The van der Waals surface area contributed by atoms with Gasteiger partial charge in [0.1, 0.15) is 5.82 Å². The van der Waals surface area contributed by atoms with E-state index >= 15 is 0 Å². The maximum atomic E-state index is 13.3. The van der Waals surface area contributed by atoms with Crippen LogP contribution in [0.15, 0.2) is 77.6 Å². The Morgan fingerprint density at radius 2 is 1.71 bits per heavy atom. The van der Waals surface area contributed by atoms with Crippen molar-refractivity contribution < 1.29 is 9.90 Å². The number of nitrogens with one attached hydrogen (secondary N) is 1. The van der Waals surface area contributed by atoms with Crippen LogP contribution < -0.4 is 5.56 Å². The second-order valence-corrected chi connectivity index (χ2v) is 10.7. The number of aromatic nitrogens is 2. The number of fused-ring (bicyclic) bond motifs is 1. The smallest absolute Gasteiger partial charge is 0.256 e. The van der Waals surface area contributed by atoms with Gasteiger partial charge in [-0.25, -0.2) is 4.98 Å². The zero-order valence-electron chi connectivity index (χ0n) is 21.7. The summed E-state index contributed by atoms with van der Waals surface area (Å²) in [7, 11) is 0. The fraction of sp³-hybridized carbons (Fsp3) is 0.281. The van der Waals surface area contributed by atoms with Gasteiger partial charge in [0, 0.05) is 13.0 Å². The minimum Gasteiger partial charge on any atom is -0.378 e. The Kier molecular flexibility index (Phi) is 6.00. The third-order valence-corrected chi connectivity index (χ3v) is 7.90. The van der Waals surface area contributed by atoms with Gasteiger partial charge in [0.2, 0.25) is 0 Å². The van der Waals surface area contributed by atoms with Crippen molar-refractivity contribution in [1.29, 1.82) is 0 Å². The third-order valence-electron chi connectivity index (χ3n) is 7.90. The van der Waals surface area contributed by atoms with Gasteiger partial charge < -0.3 is 15.0 Å². The summed E-state index contributed by atoms with van der Waals surface area (Å²) in [5, 5.41) is 11.0. The van der Waals surface area contributed by atoms with Gasteiger partial charge in [-0.05, 0) is 55.0 Å². The molecule has 6 heteroatoms. The summed E-state index contributed by atoms with van der Waals surface area (Å²) in [4.78, 5) is 36.0. The third kappa shape index (κ3) is 4.35. The molecule has 1 atom stereocenters. The summed E-state index contributed by atoms with van der Waals surface area (Å²) in [6.07, 6.45) is 1.09. The molecule has 4 aromatic rings. The van der Waals surface area contributed by atoms with E-state index in [4.69, 9.17) is 4.98 Å². The van der Waals surface area contributed by atoms with Gasteiger partial charge in [-0.15, -0.1) is 0 Å². The van der Waals surface area contributed by atoms with Crippen LogP contribution in [0.2, 0.25) is 0 Å². The van der Waals surface area contributed by atoms with Crippen LogP contribution in [0.1, 0.15) is 58.3 Å². The van der Waals surface area contributed by atoms with Crippen molar-refractivity contribution in [3.8, 4) is 11.1 Å². The first-order valence-corrected chi connectivity index (χ1v) is 13.2. The van der Waals surface area contributed by atoms with Crippen LogP contribution in [-0.2, 0) is 23.2 Å². The molecule has 2 aliphatic rings. The number of amides is 1. The number of hydrogen-bond donors (Lipinski definition) is 2. The number of aromatic amines is 1. The second kappa shape index (κ2) is 9.37. The summed E-state index contributed by atoms with van der Waals surface area (Å²) in [5.74, 6) is 0.315. The Morgan fingerprint density at radius 3 is 2.42 bits per heavy atom. The van der Waals surface area contributed by atoms with E-state index in [1.165, 1.54) is 5.56 Å². The molecule has 0 unspecified atom stereocenters. The molecule has 192 valence electrons. The first-order valence-electron chi connectivity index (χ1n) is 13.2. The maximum Gasteiger partial charge on any atom is 0.256 e. The number of nitrogens with zero attached hydrogens (tertiary/aromatic N) is 2. The lowest BCUT2D eigenvalue weighted by Gasteiger charge is -2.30. The standard InChI is InChI=1S/C32H31N3O3/c1-20-15-21(2)17-24(16-20)22-7-6-8-23(18-22)28(36)30(38)35-14-11-27-26(19-35)29(37)34-31(33-27)32(12-13-32)25-9-4-3-5-10-25/h3-10,15-18,28,36H,11-14,19H2,1-2H3,(H,33,34,37)/t28-/m1/s1. The van der Waals surface area contributed by atoms with Crippen LogP contribution in [-0.4, -0.2) is 32.4 Å². The van der Waals surface area contributed by atoms with E-state index in [1.807, 2.05) is 36.4 Å². The SMILES string of the molecule is Cc1cc(C)cc(-c2cccc([C@@H](O)C(=O)N3CCc4nc(C5(c6ccccc6)CC5)[nH]c(=O)c4C3)c2)c1. The number of rotatable bonds is 5. The van der Waals surface area contributed by atoms with E-state index < -0.39 is 12.0 Å². The van der Waals surface area contributed by atoms with Crippen LogP contribution in [0.25, 0.3) is 11.1 Å². The number of aryl methyl sites for hydroxylation is 2. The average molecular weight is 506 g/mol. The van der Waals surface area contributed by atoms with Gasteiger partial charge in [-0.2, -0.15) is 0 Å². The Morgan fingerprint density at radius 1 is 0.974 bits per heavy atom. The van der Waals surface area contributed by atoms with E-state index in [0.717, 1.165) is 46.6 Å². The largest absolute Gasteiger partial charge is 0.378 e. The zero-order valence-corrected chi connectivity index (χ0v) is 21.7. The second-order valence-electron chi connectivity index (χ2n) is 10.7. The number of hydrogen-bond acceptors (Lipinski definition) is 4. The lowest BCUT2D eigenvalue weighted by atomic mass is 9.94. The number of carbonyl (C=O) groups excluding carboxylic acids is 1. The van der Waals surface area contributed by atoms with E-state index in [2.05, 4.69) is 49.2 Å². The van der Waals surface area contributed by atoms with Crippen molar-refractivity contribution >= 4 is 5.91 Å². The molecule has 0 radical (unpaired) electrons. The Bertz CT molecular complexity index is 1570. The number of aliphatic hydroxyl groups is 1. The first-order chi connectivity index (χ1) is 18.3. The predicted octanol–water partition coefficient (Wildman–Crippen LogP) is 4.75. The number of aliphatic hydroxyl groups excluding tert-OH is 1. The van der Waals surface area contributed by atoms with Crippen molar-refractivity contribution in [2.45, 2.75) is 51.2 Å². The molecule has 0 bridgehead atoms. The summed E-state index contributed by atoms with van der Waals surface area (Å²) >= 11 is 0. The normalized spacial score (nSPS) is 16.6. The lowest BCUT2D eigenvalue weighted by Crippen LogP contribution is -2.42.